The lowest BCUT2D eigenvalue weighted by Gasteiger charge is -2.25. The highest BCUT2D eigenvalue weighted by atomic mass is 16.5. The summed E-state index contributed by atoms with van der Waals surface area (Å²) < 4.78 is 4.62. The minimum atomic E-state index is -1.17. The van der Waals surface area contributed by atoms with Gasteiger partial charge in [0.25, 0.3) is 11.8 Å². The average molecular weight is 444 g/mol. The van der Waals surface area contributed by atoms with Gasteiger partial charge in [0.05, 0.1) is 29.5 Å². The minimum absolute atomic E-state index is 0.0299. The molecule has 1 aliphatic heterocycles. The molecule has 3 amide bonds. The number of rotatable bonds is 6. The van der Waals surface area contributed by atoms with Gasteiger partial charge in [-0.05, 0) is 35.9 Å². The van der Waals surface area contributed by atoms with E-state index in [1.165, 1.54) is 19.2 Å². The number of imide groups is 1. The van der Waals surface area contributed by atoms with Crippen LogP contribution in [-0.4, -0.2) is 46.8 Å². The molecule has 1 heterocycles. The fraction of sp³-hybridized carbons (Fsp3) is 0.120. The van der Waals surface area contributed by atoms with Crippen molar-refractivity contribution in [3.63, 3.8) is 0 Å². The highest BCUT2D eigenvalue weighted by molar-refractivity contribution is 6.23. The normalized spacial score (nSPS) is 13.4. The van der Waals surface area contributed by atoms with Crippen LogP contribution in [0.15, 0.2) is 72.8 Å². The second-order valence-electron chi connectivity index (χ2n) is 7.44. The lowest BCUT2D eigenvalue weighted by molar-refractivity contribution is -0.119. The monoisotopic (exact) mass is 444 g/mol. The van der Waals surface area contributed by atoms with Gasteiger partial charge < -0.3 is 15.2 Å². The Bertz CT molecular complexity index is 1220. The largest absolute Gasteiger partial charge is 0.506 e. The van der Waals surface area contributed by atoms with Gasteiger partial charge in [-0.15, -0.1) is 0 Å². The van der Waals surface area contributed by atoms with E-state index in [0.717, 1.165) is 16.5 Å². The highest BCUT2D eigenvalue weighted by Crippen LogP contribution is 2.29. The number of hydrogen-bond acceptors (Lipinski definition) is 6. The number of fused-ring (bicyclic) bond motifs is 1. The molecule has 1 atom stereocenters. The van der Waals surface area contributed by atoms with E-state index in [-0.39, 0.29) is 34.5 Å². The number of aromatic hydroxyl groups is 1. The number of hydrogen-bond donors (Lipinski definition) is 2. The number of methoxy groups -OCH3 is 1. The molecule has 0 bridgehead atoms. The van der Waals surface area contributed by atoms with E-state index in [4.69, 9.17) is 0 Å². The van der Waals surface area contributed by atoms with Crippen LogP contribution in [0.4, 0.5) is 5.69 Å². The lowest BCUT2D eigenvalue weighted by atomic mass is 10.0. The SMILES string of the molecule is COC(=O)c1ccc(NC(=O)C(Cc2ccccc2)N2C(=O)c3ccccc3C2=O)c(O)c1. The Balaban J connectivity index is 1.66. The first-order valence-electron chi connectivity index (χ1n) is 10.1. The zero-order valence-corrected chi connectivity index (χ0v) is 17.6. The van der Waals surface area contributed by atoms with Crippen LogP contribution >= 0.6 is 0 Å². The Hall–Kier alpha value is -4.46. The number of amides is 3. The molecular formula is C25H20N2O6. The third-order valence-electron chi connectivity index (χ3n) is 5.39. The third kappa shape index (κ3) is 4.18. The molecule has 0 saturated heterocycles. The van der Waals surface area contributed by atoms with E-state index in [9.17, 15) is 24.3 Å². The van der Waals surface area contributed by atoms with Crippen LogP contribution in [-0.2, 0) is 16.0 Å². The smallest absolute Gasteiger partial charge is 0.337 e. The first-order valence-corrected chi connectivity index (χ1v) is 10.1. The molecule has 0 spiro atoms. The van der Waals surface area contributed by atoms with Crippen molar-refractivity contribution in [1.29, 1.82) is 0 Å². The fourth-order valence-electron chi connectivity index (χ4n) is 3.73. The van der Waals surface area contributed by atoms with Gasteiger partial charge in [0.1, 0.15) is 11.8 Å². The van der Waals surface area contributed by atoms with E-state index >= 15 is 0 Å². The van der Waals surface area contributed by atoms with Gasteiger partial charge in [-0.2, -0.15) is 0 Å². The van der Waals surface area contributed by atoms with Crippen molar-refractivity contribution in [3.8, 4) is 5.75 Å². The molecule has 0 saturated carbocycles. The number of benzene rings is 3. The Kier molecular flexibility index (Phi) is 5.91. The molecule has 8 nitrogen and oxygen atoms in total. The van der Waals surface area contributed by atoms with Gasteiger partial charge >= 0.3 is 5.97 Å². The van der Waals surface area contributed by atoms with Gasteiger partial charge in [-0.3, -0.25) is 19.3 Å². The molecule has 8 heteroatoms. The van der Waals surface area contributed by atoms with Crippen molar-refractivity contribution < 1.29 is 29.0 Å². The molecule has 4 rings (SSSR count). The molecule has 0 aliphatic carbocycles. The number of carbonyl (C=O) groups is 4. The molecule has 33 heavy (non-hydrogen) atoms. The molecule has 3 aromatic carbocycles. The van der Waals surface area contributed by atoms with Crippen LogP contribution in [0.2, 0.25) is 0 Å². The van der Waals surface area contributed by atoms with Gasteiger partial charge in [-0.1, -0.05) is 42.5 Å². The summed E-state index contributed by atoms with van der Waals surface area (Å²) in [5, 5.41) is 12.9. The number of esters is 1. The summed E-state index contributed by atoms with van der Waals surface area (Å²) in [6.45, 7) is 0. The zero-order chi connectivity index (χ0) is 23.5. The van der Waals surface area contributed by atoms with Gasteiger partial charge in [0, 0.05) is 6.42 Å². The zero-order valence-electron chi connectivity index (χ0n) is 17.6. The average Bonchev–Trinajstić information content (AvgIpc) is 3.09. The number of nitrogens with one attached hydrogen (secondary N) is 1. The van der Waals surface area contributed by atoms with Crippen LogP contribution in [0.25, 0.3) is 0 Å². The van der Waals surface area contributed by atoms with Crippen LogP contribution in [0.1, 0.15) is 36.6 Å². The Labute approximate surface area is 189 Å². The minimum Gasteiger partial charge on any atom is -0.506 e. The fourth-order valence-corrected chi connectivity index (χ4v) is 3.73. The van der Waals surface area contributed by atoms with Crippen LogP contribution in [0.3, 0.4) is 0 Å². The molecule has 0 radical (unpaired) electrons. The predicted octanol–water partition coefficient (Wildman–Crippen LogP) is 3.02. The van der Waals surface area contributed by atoms with Crippen molar-refractivity contribution in [2.75, 3.05) is 12.4 Å². The second-order valence-corrected chi connectivity index (χ2v) is 7.44. The number of ether oxygens (including phenoxy) is 1. The van der Waals surface area contributed by atoms with Crippen LogP contribution in [0, 0.1) is 0 Å². The van der Waals surface area contributed by atoms with E-state index in [2.05, 4.69) is 10.1 Å². The maximum Gasteiger partial charge on any atom is 0.337 e. The van der Waals surface area contributed by atoms with Crippen molar-refractivity contribution >= 4 is 29.4 Å². The molecule has 2 N–H and O–H groups in total. The summed E-state index contributed by atoms with van der Waals surface area (Å²) in [7, 11) is 1.21. The van der Waals surface area contributed by atoms with Crippen molar-refractivity contribution in [2.24, 2.45) is 0 Å². The first kappa shape index (κ1) is 21.8. The number of carbonyl (C=O) groups excluding carboxylic acids is 4. The lowest BCUT2D eigenvalue weighted by Crippen LogP contribution is -2.48. The third-order valence-corrected chi connectivity index (χ3v) is 5.39. The van der Waals surface area contributed by atoms with Gasteiger partial charge in [0.15, 0.2) is 0 Å². The highest BCUT2D eigenvalue weighted by Gasteiger charge is 2.42. The number of phenolic OH excluding ortho intramolecular Hbond substituents is 1. The standard InChI is InChI=1S/C25H20N2O6/c1-33-25(32)16-11-12-19(21(28)14-16)26-22(29)20(13-15-7-3-2-4-8-15)27-23(30)17-9-5-6-10-18(17)24(27)31/h2-12,14,20,28H,13H2,1H3,(H,26,29). The van der Waals surface area contributed by atoms with E-state index in [1.807, 2.05) is 6.07 Å². The van der Waals surface area contributed by atoms with Gasteiger partial charge in [0.2, 0.25) is 5.91 Å². The summed E-state index contributed by atoms with van der Waals surface area (Å²) in [5.41, 5.74) is 1.35. The molecule has 0 aromatic heterocycles. The van der Waals surface area contributed by atoms with Crippen molar-refractivity contribution in [2.45, 2.75) is 12.5 Å². The first-order chi connectivity index (χ1) is 15.9. The van der Waals surface area contributed by atoms with E-state index < -0.39 is 29.7 Å². The summed E-state index contributed by atoms with van der Waals surface area (Å²) in [6, 6.07) is 18.1. The summed E-state index contributed by atoms with van der Waals surface area (Å²) in [4.78, 5) is 52.0. The molecule has 1 aliphatic rings. The molecule has 3 aromatic rings. The summed E-state index contributed by atoms with van der Waals surface area (Å²) in [5.74, 6) is -2.77. The van der Waals surface area contributed by atoms with Crippen LogP contribution < -0.4 is 5.32 Å². The maximum atomic E-state index is 13.3. The quantitative estimate of drug-likeness (QED) is 0.343. The van der Waals surface area contributed by atoms with Crippen LogP contribution in [0.5, 0.6) is 5.75 Å². The second kappa shape index (κ2) is 8.96. The Morgan fingerprint density at radius 1 is 0.939 bits per heavy atom. The number of anilines is 1. The van der Waals surface area contributed by atoms with Gasteiger partial charge in [-0.25, -0.2) is 4.79 Å². The Morgan fingerprint density at radius 3 is 2.12 bits per heavy atom. The maximum absolute atomic E-state index is 13.3. The summed E-state index contributed by atoms with van der Waals surface area (Å²) in [6.07, 6.45) is 0.0825. The summed E-state index contributed by atoms with van der Waals surface area (Å²) >= 11 is 0. The number of phenols is 1. The molecule has 1 unspecified atom stereocenters. The van der Waals surface area contributed by atoms with Crippen molar-refractivity contribution in [1.82, 2.24) is 4.90 Å². The number of nitrogens with zero attached hydrogens (tertiary/aromatic N) is 1. The molecule has 0 fully saturated rings. The van der Waals surface area contributed by atoms with E-state index in [1.54, 1.807) is 48.5 Å². The predicted molar refractivity (Wildman–Crippen MR) is 119 cm³/mol. The Morgan fingerprint density at radius 2 is 1.55 bits per heavy atom. The molecule has 166 valence electrons. The van der Waals surface area contributed by atoms with Crippen molar-refractivity contribution in [3.05, 3.63) is 95.1 Å². The molecular weight excluding hydrogens is 424 g/mol. The topological polar surface area (TPSA) is 113 Å². The van der Waals surface area contributed by atoms with E-state index in [0.29, 0.717) is 0 Å².